The summed E-state index contributed by atoms with van der Waals surface area (Å²) >= 11 is 1.89. The minimum atomic E-state index is 0.547. The molecule has 0 amide bonds. The molecule has 0 aliphatic carbocycles. The van der Waals surface area contributed by atoms with Gasteiger partial charge in [-0.05, 0) is 37.1 Å². The summed E-state index contributed by atoms with van der Waals surface area (Å²) in [6.07, 6.45) is 2.13. The first-order valence-corrected chi connectivity index (χ1v) is 8.95. The van der Waals surface area contributed by atoms with E-state index in [0.717, 1.165) is 43.4 Å². The van der Waals surface area contributed by atoms with Crippen LogP contribution in [-0.4, -0.2) is 31.6 Å². The average Bonchev–Trinajstić information content (AvgIpc) is 2.71. The lowest BCUT2D eigenvalue weighted by molar-refractivity contribution is 0.297. The van der Waals surface area contributed by atoms with Crippen LogP contribution in [-0.2, 0) is 0 Å². The number of hydrogen-bond donors (Lipinski definition) is 1. The van der Waals surface area contributed by atoms with Gasteiger partial charge < -0.3 is 14.8 Å². The van der Waals surface area contributed by atoms with Gasteiger partial charge in [0.15, 0.2) is 11.5 Å². The summed E-state index contributed by atoms with van der Waals surface area (Å²) in [6.45, 7) is 9.35. The van der Waals surface area contributed by atoms with Crippen molar-refractivity contribution < 1.29 is 9.47 Å². The van der Waals surface area contributed by atoms with E-state index in [1.54, 1.807) is 0 Å². The molecule has 1 N–H and O–H groups in total. The predicted molar refractivity (Wildman–Crippen MR) is 89.7 cm³/mol. The van der Waals surface area contributed by atoms with Crippen molar-refractivity contribution >= 4 is 11.8 Å². The van der Waals surface area contributed by atoms with E-state index in [2.05, 4.69) is 38.2 Å². The fraction of sp³-hybridized carbons (Fsp3) is 0.647. The molecule has 1 aromatic carbocycles. The van der Waals surface area contributed by atoms with Crippen molar-refractivity contribution in [2.75, 3.05) is 25.5 Å². The topological polar surface area (TPSA) is 30.5 Å². The summed E-state index contributed by atoms with van der Waals surface area (Å²) in [6, 6.07) is 6.83. The Morgan fingerprint density at radius 1 is 1.19 bits per heavy atom. The molecule has 0 saturated carbocycles. The van der Waals surface area contributed by atoms with E-state index in [0.29, 0.717) is 12.0 Å². The number of nitrogens with one attached hydrogen (secondary N) is 1. The largest absolute Gasteiger partial charge is 0.490 e. The van der Waals surface area contributed by atoms with Crippen molar-refractivity contribution in [2.24, 2.45) is 5.92 Å². The standard InChI is InChI=1S/C17H27NO2S/c1-4-8-18-15(13(2)3)12-21-14-6-7-16-17(11-14)20-10-5-9-19-16/h6-7,11,13,15,18H,4-5,8-10,12H2,1-3H3. The molecule has 118 valence electrons. The molecule has 4 heteroatoms. The molecular formula is C17H27NO2S. The Balaban J connectivity index is 1.94. The van der Waals surface area contributed by atoms with Gasteiger partial charge >= 0.3 is 0 Å². The molecule has 0 aromatic heterocycles. The van der Waals surface area contributed by atoms with Gasteiger partial charge in [-0.1, -0.05) is 20.8 Å². The molecule has 2 rings (SSSR count). The van der Waals surface area contributed by atoms with Crippen LogP contribution in [0.5, 0.6) is 11.5 Å². The first-order chi connectivity index (χ1) is 10.2. The van der Waals surface area contributed by atoms with Gasteiger partial charge in [0.1, 0.15) is 0 Å². The van der Waals surface area contributed by atoms with Crippen LogP contribution in [0.1, 0.15) is 33.6 Å². The Bertz CT molecular complexity index is 437. The fourth-order valence-corrected chi connectivity index (χ4v) is 3.47. The van der Waals surface area contributed by atoms with Crippen LogP contribution in [0.3, 0.4) is 0 Å². The number of rotatable bonds is 7. The van der Waals surface area contributed by atoms with Crippen molar-refractivity contribution in [3.63, 3.8) is 0 Å². The molecule has 1 aliphatic rings. The molecule has 0 radical (unpaired) electrons. The van der Waals surface area contributed by atoms with Crippen LogP contribution in [0, 0.1) is 5.92 Å². The predicted octanol–water partition coefficient (Wildman–Crippen LogP) is 3.96. The minimum Gasteiger partial charge on any atom is -0.490 e. The van der Waals surface area contributed by atoms with Crippen LogP contribution in [0.15, 0.2) is 23.1 Å². The molecular weight excluding hydrogens is 282 g/mol. The molecule has 1 atom stereocenters. The van der Waals surface area contributed by atoms with Crippen LogP contribution in [0.25, 0.3) is 0 Å². The van der Waals surface area contributed by atoms with E-state index in [1.165, 1.54) is 11.3 Å². The SMILES string of the molecule is CCCNC(CSc1ccc2c(c1)OCCCO2)C(C)C. The zero-order valence-corrected chi connectivity index (χ0v) is 14.2. The van der Waals surface area contributed by atoms with Gasteiger partial charge in [-0.25, -0.2) is 0 Å². The van der Waals surface area contributed by atoms with Gasteiger partial charge in [-0.3, -0.25) is 0 Å². The Labute approximate surface area is 132 Å². The Morgan fingerprint density at radius 3 is 2.67 bits per heavy atom. The smallest absolute Gasteiger partial charge is 0.162 e. The first-order valence-electron chi connectivity index (χ1n) is 7.96. The minimum absolute atomic E-state index is 0.547. The maximum Gasteiger partial charge on any atom is 0.162 e. The van der Waals surface area contributed by atoms with Crippen LogP contribution in [0.2, 0.25) is 0 Å². The first kappa shape index (κ1) is 16.5. The van der Waals surface area contributed by atoms with E-state index >= 15 is 0 Å². The fourth-order valence-electron chi connectivity index (χ4n) is 2.24. The number of hydrogen-bond acceptors (Lipinski definition) is 4. The zero-order chi connectivity index (χ0) is 15.1. The highest BCUT2D eigenvalue weighted by Gasteiger charge is 2.14. The molecule has 0 bridgehead atoms. The van der Waals surface area contributed by atoms with Gasteiger partial charge in [-0.15, -0.1) is 11.8 Å². The lowest BCUT2D eigenvalue weighted by Gasteiger charge is -2.22. The molecule has 1 aliphatic heterocycles. The van der Waals surface area contributed by atoms with Gasteiger partial charge in [0.05, 0.1) is 13.2 Å². The quantitative estimate of drug-likeness (QED) is 0.772. The maximum absolute atomic E-state index is 5.75. The highest BCUT2D eigenvalue weighted by atomic mass is 32.2. The summed E-state index contributed by atoms with van der Waals surface area (Å²) < 4.78 is 11.4. The van der Waals surface area contributed by atoms with Crippen molar-refractivity contribution in [1.82, 2.24) is 5.32 Å². The number of fused-ring (bicyclic) bond motifs is 1. The second-order valence-electron chi connectivity index (χ2n) is 5.77. The lowest BCUT2D eigenvalue weighted by atomic mass is 10.1. The van der Waals surface area contributed by atoms with Crippen molar-refractivity contribution in [3.8, 4) is 11.5 Å². The van der Waals surface area contributed by atoms with Crippen molar-refractivity contribution in [3.05, 3.63) is 18.2 Å². The van der Waals surface area contributed by atoms with Gasteiger partial charge in [0.2, 0.25) is 0 Å². The third kappa shape index (κ3) is 5.11. The lowest BCUT2D eigenvalue weighted by Crippen LogP contribution is -2.36. The summed E-state index contributed by atoms with van der Waals surface area (Å²) in [5.41, 5.74) is 0. The molecule has 3 nitrogen and oxygen atoms in total. The van der Waals surface area contributed by atoms with E-state index in [4.69, 9.17) is 9.47 Å². The summed E-state index contributed by atoms with van der Waals surface area (Å²) in [5, 5.41) is 3.63. The molecule has 0 fully saturated rings. The molecule has 1 unspecified atom stereocenters. The van der Waals surface area contributed by atoms with Gasteiger partial charge in [0, 0.05) is 23.1 Å². The normalized spacial score (nSPS) is 15.8. The second-order valence-corrected chi connectivity index (χ2v) is 6.87. The Kier molecular flexibility index (Phi) is 6.71. The summed E-state index contributed by atoms with van der Waals surface area (Å²) in [4.78, 5) is 1.25. The third-order valence-corrected chi connectivity index (χ3v) is 4.72. The van der Waals surface area contributed by atoms with Crippen LogP contribution in [0.4, 0.5) is 0 Å². The highest BCUT2D eigenvalue weighted by molar-refractivity contribution is 7.99. The molecule has 0 saturated heterocycles. The van der Waals surface area contributed by atoms with Crippen LogP contribution < -0.4 is 14.8 Å². The van der Waals surface area contributed by atoms with Crippen molar-refractivity contribution in [2.45, 2.75) is 44.6 Å². The molecule has 21 heavy (non-hydrogen) atoms. The van der Waals surface area contributed by atoms with E-state index in [1.807, 2.05) is 17.8 Å². The van der Waals surface area contributed by atoms with Crippen molar-refractivity contribution in [1.29, 1.82) is 0 Å². The van der Waals surface area contributed by atoms with E-state index in [9.17, 15) is 0 Å². The average molecular weight is 309 g/mol. The van der Waals surface area contributed by atoms with E-state index < -0.39 is 0 Å². The maximum atomic E-state index is 5.75. The van der Waals surface area contributed by atoms with Gasteiger partial charge in [0.25, 0.3) is 0 Å². The number of ether oxygens (including phenoxy) is 2. The zero-order valence-electron chi connectivity index (χ0n) is 13.4. The summed E-state index contributed by atoms with van der Waals surface area (Å²) in [5.74, 6) is 3.49. The van der Waals surface area contributed by atoms with Crippen LogP contribution >= 0.6 is 11.8 Å². The number of thioether (sulfide) groups is 1. The molecule has 0 spiro atoms. The van der Waals surface area contributed by atoms with Gasteiger partial charge in [-0.2, -0.15) is 0 Å². The Hall–Kier alpha value is -0.870. The summed E-state index contributed by atoms with van der Waals surface area (Å²) in [7, 11) is 0. The van der Waals surface area contributed by atoms with E-state index in [-0.39, 0.29) is 0 Å². The third-order valence-electron chi connectivity index (χ3n) is 3.61. The molecule has 1 heterocycles. The highest BCUT2D eigenvalue weighted by Crippen LogP contribution is 2.34. The Morgan fingerprint density at radius 2 is 1.95 bits per heavy atom. The monoisotopic (exact) mass is 309 g/mol. The molecule has 1 aromatic rings. The number of benzene rings is 1. The second kappa shape index (κ2) is 8.54.